The molecule has 1 aromatic rings. The van der Waals surface area contributed by atoms with E-state index in [1.165, 1.54) is 0 Å². The Bertz CT molecular complexity index is 490. The minimum Gasteiger partial charge on any atom is -0.480 e. The average Bonchev–Trinajstić information content (AvgIpc) is 2.39. The minimum absolute atomic E-state index is 0.591. The van der Waals surface area contributed by atoms with Crippen LogP contribution in [0.2, 0.25) is 0 Å². The molecule has 2 rings (SSSR count). The lowest BCUT2D eigenvalue weighted by atomic mass is 9.88. The summed E-state index contributed by atoms with van der Waals surface area (Å²) < 4.78 is 0. The number of anilines is 1. The molecule has 1 aromatic carbocycles. The molecule has 18 heavy (non-hydrogen) atoms. The normalized spacial score (nSPS) is 23.4. The van der Waals surface area contributed by atoms with E-state index in [9.17, 15) is 9.90 Å². The molecule has 0 saturated carbocycles. The summed E-state index contributed by atoms with van der Waals surface area (Å²) in [4.78, 5) is 13.4. The van der Waals surface area contributed by atoms with Crippen LogP contribution in [0.4, 0.5) is 5.69 Å². The van der Waals surface area contributed by atoms with E-state index in [1.54, 1.807) is 19.1 Å². The standard InChI is InChI=1S/C14H16N2O2/c1-14(13(17)18)8-2-3-9-16(14)12-6-4-11(10-15)5-7-12/h4-7H,2-3,8-9H2,1H3,(H,17,18). The first-order valence-corrected chi connectivity index (χ1v) is 6.09. The van der Waals surface area contributed by atoms with E-state index in [0.29, 0.717) is 12.0 Å². The average molecular weight is 244 g/mol. The summed E-state index contributed by atoms with van der Waals surface area (Å²) in [6.07, 6.45) is 2.60. The van der Waals surface area contributed by atoms with Crippen molar-refractivity contribution in [1.82, 2.24) is 0 Å². The Balaban J connectivity index is 2.34. The van der Waals surface area contributed by atoms with Gasteiger partial charge in [0.15, 0.2) is 0 Å². The number of nitriles is 1. The number of aliphatic carboxylic acids is 1. The Morgan fingerprint density at radius 1 is 1.39 bits per heavy atom. The van der Waals surface area contributed by atoms with Crippen molar-refractivity contribution in [2.24, 2.45) is 0 Å². The van der Waals surface area contributed by atoms with Crippen LogP contribution in [0.1, 0.15) is 31.7 Å². The van der Waals surface area contributed by atoms with E-state index < -0.39 is 11.5 Å². The van der Waals surface area contributed by atoms with E-state index in [0.717, 1.165) is 25.1 Å². The number of nitrogens with zero attached hydrogens (tertiary/aromatic N) is 2. The molecule has 1 atom stereocenters. The van der Waals surface area contributed by atoms with Gasteiger partial charge >= 0.3 is 5.97 Å². The molecule has 1 aliphatic heterocycles. The van der Waals surface area contributed by atoms with E-state index in [1.807, 2.05) is 17.0 Å². The van der Waals surface area contributed by atoms with Crippen LogP contribution < -0.4 is 4.90 Å². The zero-order valence-corrected chi connectivity index (χ0v) is 10.4. The molecule has 1 fully saturated rings. The molecule has 0 radical (unpaired) electrons. The van der Waals surface area contributed by atoms with Crippen LogP contribution in [-0.4, -0.2) is 23.2 Å². The molecular weight excluding hydrogens is 228 g/mol. The third-order valence-corrected chi connectivity index (χ3v) is 3.66. The van der Waals surface area contributed by atoms with Crippen LogP contribution in [0.15, 0.2) is 24.3 Å². The number of hydrogen-bond acceptors (Lipinski definition) is 3. The second kappa shape index (κ2) is 4.69. The molecule has 1 saturated heterocycles. The zero-order valence-electron chi connectivity index (χ0n) is 10.4. The molecule has 0 bridgehead atoms. The highest BCUT2D eigenvalue weighted by Gasteiger charge is 2.41. The Morgan fingerprint density at radius 2 is 2.06 bits per heavy atom. The highest BCUT2D eigenvalue weighted by Crippen LogP contribution is 2.33. The van der Waals surface area contributed by atoms with Crippen LogP contribution in [0, 0.1) is 11.3 Å². The van der Waals surface area contributed by atoms with Crippen LogP contribution in [-0.2, 0) is 4.79 Å². The van der Waals surface area contributed by atoms with Gasteiger partial charge in [0.1, 0.15) is 5.54 Å². The van der Waals surface area contributed by atoms with Crippen LogP contribution in [0.3, 0.4) is 0 Å². The fourth-order valence-corrected chi connectivity index (χ4v) is 2.47. The Morgan fingerprint density at radius 3 is 2.61 bits per heavy atom. The van der Waals surface area contributed by atoms with Crippen molar-refractivity contribution in [3.8, 4) is 6.07 Å². The summed E-state index contributed by atoms with van der Waals surface area (Å²) in [7, 11) is 0. The highest BCUT2D eigenvalue weighted by atomic mass is 16.4. The smallest absolute Gasteiger partial charge is 0.329 e. The van der Waals surface area contributed by atoms with E-state index in [2.05, 4.69) is 6.07 Å². The molecule has 1 heterocycles. The Hall–Kier alpha value is -2.02. The van der Waals surface area contributed by atoms with Crippen LogP contribution in [0.25, 0.3) is 0 Å². The van der Waals surface area contributed by atoms with Crippen molar-refractivity contribution in [1.29, 1.82) is 5.26 Å². The number of carbonyl (C=O) groups is 1. The maximum atomic E-state index is 11.5. The molecule has 1 aliphatic rings. The minimum atomic E-state index is -0.841. The van der Waals surface area contributed by atoms with Crippen molar-refractivity contribution >= 4 is 11.7 Å². The number of carboxylic acid groups (broad SMARTS) is 1. The molecule has 0 aromatic heterocycles. The third-order valence-electron chi connectivity index (χ3n) is 3.66. The van der Waals surface area contributed by atoms with Gasteiger partial charge in [0.25, 0.3) is 0 Å². The molecule has 0 aliphatic carbocycles. The lowest BCUT2D eigenvalue weighted by molar-refractivity contribution is -0.143. The number of carboxylic acids is 1. The summed E-state index contributed by atoms with van der Waals surface area (Å²) in [5.74, 6) is -0.786. The molecule has 4 nitrogen and oxygen atoms in total. The molecule has 94 valence electrons. The lowest BCUT2D eigenvalue weighted by Gasteiger charge is -2.43. The largest absolute Gasteiger partial charge is 0.480 e. The first-order valence-electron chi connectivity index (χ1n) is 6.09. The topological polar surface area (TPSA) is 64.3 Å². The van der Waals surface area contributed by atoms with Gasteiger partial charge in [-0.05, 0) is 50.5 Å². The predicted molar refractivity (Wildman–Crippen MR) is 68.4 cm³/mol. The van der Waals surface area contributed by atoms with Crippen molar-refractivity contribution in [3.05, 3.63) is 29.8 Å². The van der Waals surface area contributed by atoms with Crippen LogP contribution in [0.5, 0.6) is 0 Å². The predicted octanol–water partition coefficient (Wildman–Crippen LogP) is 2.39. The number of benzene rings is 1. The van der Waals surface area contributed by atoms with E-state index in [4.69, 9.17) is 5.26 Å². The highest BCUT2D eigenvalue weighted by molar-refractivity contribution is 5.83. The summed E-state index contributed by atoms with van der Waals surface area (Å²) in [5.41, 5.74) is 0.623. The van der Waals surface area contributed by atoms with Gasteiger partial charge < -0.3 is 10.0 Å². The number of hydrogen-bond donors (Lipinski definition) is 1. The van der Waals surface area contributed by atoms with Crippen molar-refractivity contribution in [2.45, 2.75) is 31.7 Å². The van der Waals surface area contributed by atoms with Crippen molar-refractivity contribution < 1.29 is 9.90 Å². The maximum Gasteiger partial charge on any atom is 0.329 e. The van der Waals surface area contributed by atoms with E-state index in [-0.39, 0.29) is 0 Å². The van der Waals surface area contributed by atoms with Crippen molar-refractivity contribution in [2.75, 3.05) is 11.4 Å². The molecule has 0 amide bonds. The number of rotatable bonds is 2. The van der Waals surface area contributed by atoms with Crippen molar-refractivity contribution in [3.63, 3.8) is 0 Å². The lowest BCUT2D eigenvalue weighted by Crippen LogP contribution is -2.55. The second-order valence-electron chi connectivity index (χ2n) is 4.85. The second-order valence-corrected chi connectivity index (χ2v) is 4.85. The SMILES string of the molecule is CC1(C(=O)O)CCCCN1c1ccc(C#N)cc1. The van der Waals surface area contributed by atoms with Gasteiger partial charge in [-0.3, -0.25) is 0 Å². The summed E-state index contributed by atoms with van der Waals surface area (Å²) in [6.45, 7) is 2.52. The van der Waals surface area contributed by atoms with Gasteiger partial charge in [-0.2, -0.15) is 5.26 Å². The van der Waals surface area contributed by atoms with Gasteiger partial charge in [0.05, 0.1) is 11.6 Å². The molecule has 1 N–H and O–H groups in total. The molecule has 0 spiro atoms. The molecule has 4 heteroatoms. The number of piperidine rings is 1. The maximum absolute atomic E-state index is 11.5. The molecule has 1 unspecified atom stereocenters. The van der Waals surface area contributed by atoms with Gasteiger partial charge in [0, 0.05) is 12.2 Å². The molecular formula is C14H16N2O2. The first kappa shape index (κ1) is 12.4. The Kier molecular flexibility index (Phi) is 3.24. The fraction of sp³-hybridized carbons (Fsp3) is 0.429. The van der Waals surface area contributed by atoms with Crippen LogP contribution >= 0.6 is 0 Å². The van der Waals surface area contributed by atoms with Gasteiger partial charge in [-0.1, -0.05) is 0 Å². The third kappa shape index (κ3) is 2.04. The van der Waals surface area contributed by atoms with E-state index >= 15 is 0 Å². The van der Waals surface area contributed by atoms with Gasteiger partial charge in [0.2, 0.25) is 0 Å². The quantitative estimate of drug-likeness (QED) is 0.867. The Labute approximate surface area is 106 Å². The van der Waals surface area contributed by atoms with Gasteiger partial charge in [-0.15, -0.1) is 0 Å². The van der Waals surface area contributed by atoms with Gasteiger partial charge in [-0.25, -0.2) is 4.79 Å². The summed E-state index contributed by atoms with van der Waals surface area (Å²) >= 11 is 0. The zero-order chi connectivity index (χ0) is 13.2. The first-order chi connectivity index (χ1) is 8.58. The summed E-state index contributed by atoms with van der Waals surface area (Å²) in [6, 6.07) is 9.17. The summed E-state index contributed by atoms with van der Waals surface area (Å²) in [5, 5.41) is 18.2. The monoisotopic (exact) mass is 244 g/mol. The fourth-order valence-electron chi connectivity index (χ4n) is 2.47.